The highest BCUT2D eigenvalue weighted by atomic mass is 16.2. The highest BCUT2D eigenvalue weighted by Crippen LogP contribution is 2.41. The van der Waals surface area contributed by atoms with Crippen LogP contribution < -0.4 is 0 Å². The zero-order valence-electron chi connectivity index (χ0n) is 19.8. The predicted molar refractivity (Wildman–Crippen MR) is 128 cm³/mol. The van der Waals surface area contributed by atoms with Gasteiger partial charge in [0.05, 0.1) is 0 Å². The first-order valence-electron chi connectivity index (χ1n) is 12.7. The Balaban J connectivity index is 1.46. The van der Waals surface area contributed by atoms with Gasteiger partial charge < -0.3 is 0 Å². The van der Waals surface area contributed by atoms with E-state index in [1.54, 1.807) is 24.3 Å². The average molecular weight is 459 g/mol. The Hall–Kier alpha value is -3.02. The first kappa shape index (κ1) is 21.5. The summed E-state index contributed by atoms with van der Waals surface area (Å²) >= 11 is 0. The molecule has 6 nitrogen and oxygen atoms in total. The quantitative estimate of drug-likeness (QED) is 0.581. The lowest BCUT2D eigenvalue weighted by Crippen LogP contribution is -2.50. The Bertz CT molecular complexity index is 1100. The van der Waals surface area contributed by atoms with Crippen molar-refractivity contribution in [2.45, 2.75) is 77.3 Å². The second-order valence-electron chi connectivity index (χ2n) is 10.9. The minimum Gasteiger partial charge on any atom is -0.271 e. The second-order valence-corrected chi connectivity index (χ2v) is 10.9. The summed E-state index contributed by atoms with van der Waals surface area (Å²) in [7, 11) is 0. The summed E-state index contributed by atoms with van der Waals surface area (Å²) in [5.74, 6) is -0.264. The Morgan fingerprint density at radius 1 is 0.559 bits per heavy atom. The number of hydrogen-bond acceptors (Lipinski definition) is 4. The molecule has 2 aromatic carbocycles. The molecule has 4 unspecified atom stereocenters. The smallest absolute Gasteiger partial charge is 0.261 e. The molecule has 0 radical (unpaired) electrons. The van der Waals surface area contributed by atoms with Gasteiger partial charge in [0.1, 0.15) is 0 Å². The number of hydrogen-bond donors (Lipinski definition) is 0. The van der Waals surface area contributed by atoms with E-state index < -0.39 is 0 Å². The highest BCUT2D eigenvalue weighted by Gasteiger charge is 2.44. The lowest BCUT2D eigenvalue weighted by molar-refractivity contribution is 0.0458. The van der Waals surface area contributed by atoms with Crippen molar-refractivity contribution in [2.75, 3.05) is 0 Å². The normalized spacial score (nSPS) is 29.2. The molecule has 2 aliphatic heterocycles. The Kier molecular flexibility index (Phi) is 4.91. The molecular weight excluding hydrogens is 428 g/mol. The van der Waals surface area contributed by atoms with Gasteiger partial charge in [-0.2, -0.15) is 0 Å². The van der Waals surface area contributed by atoms with Crippen molar-refractivity contribution < 1.29 is 19.2 Å². The van der Waals surface area contributed by atoms with E-state index in [1.807, 2.05) is 0 Å². The van der Waals surface area contributed by atoms with Gasteiger partial charge in [-0.05, 0) is 61.8 Å². The monoisotopic (exact) mass is 458 g/mol. The van der Waals surface area contributed by atoms with E-state index in [9.17, 15) is 19.2 Å². The number of amides is 4. The van der Waals surface area contributed by atoms with Crippen LogP contribution in [0.4, 0.5) is 0 Å². The van der Waals surface area contributed by atoms with Gasteiger partial charge in [-0.1, -0.05) is 39.5 Å². The Labute approximate surface area is 199 Å². The van der Waals surface area contributed by atoms with Crippen LogP contribution in [-0.4, -0.2) is 45.5 Å². The van der Waals surface area contributed by atoms with Crippen LogP contribution in [0.1, 0.15) is 107 Å². The predicted octanol–water partition coefficient (Wildman–Crippen LogP) is 5.19. The molecule has 176 valence electrons. The van der Waals surface area contributed by atoms with E-state index in [2.05, 4.69) is 13.8 Å². The average Bonchev–Trinajstić information content (AvgIpc) is 2.81. The number of nitrogens with zero attached hydrogens (tertiary/aromatic N) is 2. The molecule has 4 amide bonds. The van der Waals surface area contributed by atoms with Crippen LogP contribution in [0.5, 0.6) is 0 Å². The van der Waals surface area contributed by atoms with Crippen molar-refractivity contribution >= 4 is 34.4 Å². The molecule has 2 fully saturated rings. The maximum absolute atomic E-state index is 13.6. The third-order valence-electron chi connectivity index (χ3n) is 8.51. The third kappa shape index (κ3) is 3.00. The van der Waals surface area contributed by atoms with Crippen molar-refractivity contribution in [3.63, 3.8) is 0 Å². The second kappa shape index (κ2) is 7.76. The summed E-state index contributed by atoms with van der Waals surface area (Å²) in [5.41, 5.74) is 1.70. The zero-order valence-corrected chi connectivity index (χ0v) is 19.8. The van der Waals surface area contributed by atoms with Crippen molar-refractivity contribution in [1.82, 2.24) is 9.80 Å². The minimum atomic E-state index is -0.302. The van der Waals surface area contributed by atoms with E-state index in [-0.39, 0.29) is 35.7 Å². The molecule has 0 aromatic heterocycles. The molecule has 4 aliphatic rings. The van der Waals surface area contributed by atoms with E-state index in [4.69, 9.17) is 0 Å². The van der Waals surface area contributed by atoms with Gasteiger partial charge in [-0.15, -0.1) is 0 Å². The molecule has 0 N–H and O–H groups in total. The molecule has 6 rings (SSSR count). The summed E-state index contributed by atoms with van der Waals surface area (Å²) in [6.45, 7) is 4.33. The topological polar surface area (TPSA) is 74.8 Å². The lowest BCUT2D eigenvalue weighted by atomic mass is 9.81. The van der Waals surface area contributed by atoms with Gasteiger partial charge >= 0.3 is 0 Å². The summed E-state index contributed by atoms with van der Waals surface area (Å²) in [5, 5.41) is 0.951. The number of carbonyl (C=O) groups excluding carboxylic acids is 4. The number of imide groups is 2. The summed E-state index contributed by atoms with van der Waals surface area (Å²) in [4.78, 5) is 57.2. The molecule has 4 atom stereocenters. The van der Waals surface area contributed by atoms with Crippen LogP contribution in [0.15, 0.2) is 24.3 Å². The summed E-state index contributed by atoms with van der Waals surface area (Å²) in [6, 6.07) is 6.54. The van der Waals surface area contributed by atoms with Gasteiger partial charge in [0.2, 0.25) is 0 Å². The van der Waals surface area contributed by atoms with Crippen molar-refractivity contribution in [3.05, 3.63) is 46.5 Å². The largest absolute Gasteiger partial charge is 0.271 e. The number of carbonyl (C=O) groups is 4. The maximum atomic E-state index is 13.6. The Morgan fingerprint density at radius 3 is 1.18 bits per heavy atom. The van der Waals surface area contributed by atoms with Gasteiger partial charge in [-0.3, -0.25) is 29.0 Å². The molecule has 2 saturated carbocycles. The van der Waals surface area contributed by atoms with Gasteiger partial charge in [-0.25, -0.2) is 0 Å². The summed E-state index contributed by atoms with van der Waals surface area (Å²) < 4.78 is 0. The van der Waals surface area contributed by atoms with E-state index in [1.165, 1.54) is 9.80 Å². The van der Waals surface area contributed by atoms with Crippen LogP contribution in [0.25, 0.3) is 10.8 Å². The van der Waals surface area contributed by atoms with E-state index >= 15 is 0 Å². The van der Waals surface area contributed by atoms with Crippen molar-refractivity contribution in [1.29, 1.82) is 0 Å². The fraction of sp³-hybridized carbons (Fsp3) is 0.500. The lowest BCUT2D eigenvalue weighted by Gasteiger charge is -2.40. The van der Waals surface area contributed by atoms with Crippen LogP contribution in [-0.2, 0) is 0 Å². The third-order valence-corrected chi connectivity index (χ3v) is 8.51. The zero-order chi connectivity index (χ0) is 23.7. The Morgan fingerprint density at radius 2 is 0.882 bits per heavy atom. The summed E-state index contributed by atoms with van der Waals surface area (Å²) in [6.07, 6.45) is 7.52. The van der Waals surface area contributed by atoms with Crippen LogP contribution in [0, 0.1) is 11.8 Å². The number of rotatable bonds is 2. The van der Waals surface area contributed by atoms with Crippen LogP contribution in [0.3, 0.4) is 0 Å². The van der Waals surface area contributed by atoms with Crippen LogP contribution >= 0.6 is 0 Å². The molecule has 0 spiro atoms. The maximum Gasteiger partial charge on any atom is 0.261 e. The minimum absolute atomic E-state index is 0.105. The van der Waals surface area contributed by atoms with E-state index in [0.29, 0.717) is 44.9 Å². The molecule has 2 aliphatic carbocycles. The van der Waals surface area contributed by atoms with Gasteiger partial charge in [0, 0.05) is 45.1 Å². The first-order valence-corrected chi connectivity index (χ1v) is 12.7. The van der Waals surface area contributed by atoms with Gasteiger partial charge in [0.15, 0.2) is 0 Å². The molecule has 0 bridgehead atoms. The molecule has 34 heavy (non-hydrogen) atoms. The molecule has 2 heterocycles. The fourth-order valence-corrected chi connectivity index (χ4v) is 6.85. The van der Waals surface area contributed by atoms with Crippen LogP contribution in [0.2, 0.25) is 0 Å². The van der Waals surface area contributed by atoms with Gasteiger partial charge in [0.25, 0.3) is 23.6 Å². The first-order chi connectivity index (χ1) is 16.4. The standard InChI is InChI=1S/C28H30N2O4/c1-15-5-3-7-17(13-15)29-25(31)19-9-11-21-24-22(12-10-20(23(19)24)26(29)32)28(34)30(27(21)33)18-8-4-6-16(2)14-18/h9-12,15-18H,3-8,13-14H2,1-2H3. The molecule has 6 heteroatoms. The van der Waals surface area contributed by atoms with Crippen molar-refractivity contribution in [2.24, 2.45) is 11.8 Å². The molecule has 0 saturated heterocycles. The van der Waals surface area contributed by atoms with Crippen molar-refractivity contribution in [3.8, 4) is 0 Å². The van der Waals surface area contributed by atoms with E-state index in [0.717, 1.165) is 51.4 Å². The highest BCUT2D eigenvalue weighted by molar-refractivity contribution is 6.33. The number of benzene rings is 2. The molecular formula is C28H30N2O4. The fourth-order valence-electron chi connectivity index (χ4n) is 6.85. The SMILES string of the molecule is CC1CCCC(N2C(=O)c3ccc4c5c(ccc(c35)C2=O)C(=O)N(C2CCCC(C)C2)C4=O)C1. The molecule has 2 aromatic rings.